The van der Waals surface area contributed by atoms with E-state index in [9.17, 15) is 13.2 Å². The fourth-order valence-corrected chi connectivity index (χ4v) is 4.07. The van der Waals surface area contributed by atoms with E-state index in [1.807, 2.05) is 11.2 Å². The predicted octanol–water partition coefficient (Wildman–Crippen LogP) is 4.20. The standard InChI is InChI=1S/C19H20F4N2S/c1-25-10-15(21)19(24-26-2)16(25)9-11-5-3-6-12(17(11)22)13-7-4-8-14(20)18(13)23/h3-8,15-16,19,24H,9-10H2,1-2H3. The van der Waals surface area contributed by atoms with E-state index in [0.29, 0.717) is 5.56 Å². The van der Waals surface area contributed by atoms with E-state index in [1.54, 1.807) is 19.2 Å². The fourth-order valence-electron chi connectivity index (χ4n) is 3.49. The van der Waals surface area contributed by atoms with Gasteiger partial charge in [-0.3, -0.25) is 9.62 Å². The molecular formula is C19H20F4N2S. The minimum Gasteiger partial charge on any atom is -0.298 e. The van der Waals surface area contributed by atoms with Crippen LogP contribution in [-0.4, -0.2) is 43.0 Å². The van der Waals surface area contributed by atoms with Crippen LogP contribution >= 0.6 is 11.9 Å². The van der Waals surface area contributed by atoms with Crippen LogP contribution in [0.5, 0.6) is 0 Å². The molecule has 26 heavy (non-hydrogen) atoms. The van der Waals surface area contributed by atoms with Crippen LogP contribution in [0, 0.1) is 17.5 Å². The Morgan fingerprint density at radius 2 is 1.73 bits per heavy atom. The molecule has 3 unspecified atom stereocenters. The Hall–Kier alpha value is -1.57. The molecule has 2 nitrogen and oxygen atoms in total. The topological polar surface area (TPSA) is 15.3 Å². The van der Waals surface area contributed by atoms with Crippen LogP contribution in [0.4, 0.5) is 17.6 Å². The Kier molecular flexibility index (Phi) is 5.89. The number of hydrogen-bond acceptors (Lipinski definition) is 3. The zero-order valence-corrected chi connectivity index (χ0v) is 15.3. The van der Waals surface area contributed by atoms with Crippen molar-refractivity contribution in [3.8, 4) is 11.1 Å². The minimum absolute atomic E-state index is 0.00586. The summed E-state index contributed by atoms with van der Waals surface area (Å²) in [6.07, 6.45) is 1.03. The Morgan fingerprint density at radius 1 is 1.08 bits per heavy atom. The molecule has 1 aliphatic heterocycles. The van der Waals surface area contributed by atoms with Crippen molar-refractivity contribution in [3.05, 3.63) is 59.4 Å². The molecule has 0 radical (unpaired) electrons. The predicted molar refractivity (Wildman–Crippen MR) is 97.2 cm³/mol. The highest BCUT2D eigenvalue weighted by atomic mass is 32.2. The molecule has 1 heterocycles. The van der Waals surface area contributed by atoms with E-state index < -0.39 is 29.7 Å². The van der Waals surface area contributed by atoms with Crippen molar-refractivity contribution < 1.29 is 17.6 Å². The number of nitrogens with zero attached hydrogens (tertiary/aromatic N) is 1. The number of rotatable bonds is 5. The van der Waals surface area contributed by atoms with Crippen molar-refractivity contribution in [2.24, 2.45) is 0 Å². The van der Waals surface area contributed by atoms with E-state index in [2.05, 4.69) is 4.72 Å². The molecule has 1 fully saturated rings. The third-order valence-electron chi connectivity index (χ3n) is 4.84. The third-order valence-corrected chi connectivity index (χ3v) is 5.34. The van der Waals surface area contributed by atoms with E-state index in [-0.39, 0.29) is 30.1 Å². The summed E-state index contributed by atoms with van der Waals surface area (Å²) in [7, 11) is 1.80. The van der Waals surface area contributed by atoms with Gasteiger partial charge in [-0.15, -0.1) is 0 Å². The van der Waals surface area contributed by atoms with Gasteiger partial charge >= 0.3 is 0 Å². The number of likely N-dealkylation sites (N-methyl/N-ethyl adjacent to an activating group) is 1. The highest BCUT2D eigenvalue weighted by molar-refractivity contribution is 7.96. The molecule has 2 aromatic carbocycles. The molecule has 7 heteroatoms. The molecule has 0 aromatic heterocycles. The first-order chi connectivity index (χ1) is 12.4. The van der Waals surface area contributed by atoms with Gasteiger partial charge in [-0.1, -0.05) is 42.3 Å². The van der Waals surface area contributed by atoms with E-state index in [0.717, 1.165) is 6.07 Å². The first-order valence-electron chi connectivity index (χ1n) is 8.28. The van der Waals surface area contributed by atoms with Crippen LogP contribution in [-0.2, 0) is 6.42 Å². The van der Waals surface area contributed by atoms with E-state index in [4.69, 9.17) is 0 Å². The highest BCUT2D eigenvalue weighted by Gasteiger charge is 2.40. The van der Waals surface area contributed by atoms with Gasteiger partial charge < -0.3 is 0 Å². The average molecular weight is 384 g/mol. The number of benzene rings is 2. The Balaban J connectivity index is 1.94. The van der Waals surface area contributed by atoms with Gasteiger partial charge in [0.2, 0.25) is 0 Å². The third kappa shape index (κ3) is 3.61. The number of alkyl halides is 1. The van der Waals surface area contributed by atoms with Gasteiger partial charge in [0, 0.05) is 23.7 Å². The molecule has 1 aliphatic rings. The molecular weight excluding hydrogens is 364 g/mol. The van der Waals surface area contributed by atoms with Crippen LogP contribution in [0.3, 0.4) is 0 Å². The van der Waals surface area contributed by atoms with Gasteiger partial charge in [0.25, 0.3) is 0 Å². The van der Waals surface area contributed by atoms with Crippen molar-refractivity contribution >= 4 is 11.9 Å². The zero-order chi connectivity index (χ0) is 18.8. The second-order valence-corrected chi connectivity index (χ2v) is 7.10. The number of nitrogens with one attached hydrogen (secondary N) is 1. The molecule has 3 rings (SSSR count). The van der Waals surface area contributed by atoms with Gasteiger partial charge in [0.15, 0.2) is 11.6 Å². The summed E-state index contributed by atoms with van der Waals surface area (Å²) in [5.74, 6) is -2.70. The second-order valence-electron chi connectivity index (χ2n) is 6.45. The molecule has 0 aliphatic carbocycles. The maximum Gasteiger partial charge on any atom is 0.166 e. The summed E-state index contributed by atoms with van der Waals surface area (Å²) in [5.41, 5.74) is 0.239. The highest BCUT2D eigenvalue weighted by Crippen LogP contribution is 2.31. The van der Waals surface area contributed by atoms with Crippen molar-refractivity contribution in [2.45, 2.75) is 24.7 Å². The number of likely N-dealkylation sites (tertiary alicyclic amines) is 1. The molecule has 0 spiro atoms. The zero-order valence-electron chi connectivity index (χ0n) is 14.5. The minimum atomic E-state index is -1.08. The van der Waals surface area contributed by atoms with Gasteiger partial charge in [-0.2, -0.15) is 0 Å². The normalized spacial score (nSPS) is 23.5. The Morgan fingerprint density at radius 3 is 2.42 bits per heavy atom. The van der Waals surface area contributed by atoms with Crippen LogP contribution in [0.25, 0.3) is 11.1 Å². The first kappa shape index (κ1) is 19.2. The van der Waals surface area contributed by atoms with E-state index in [1.165, 1.54) is 30.1 Å². The maximum absolute atomic E-state index is 15.0. The summed E-state index contributed by atoms with van der Waals surface area (Å²) in [4.78, 5) is 1.85. The molecule has 1 N–H and O–H groups in total. The summed E-state index contributed by atoms with van der Waals surface area (Å²) in [6, 6.07) is 7.65. The van der Waals surface area contributed by atoms with Crippen molar-refractivity contribution in [2.75, 3.05) is 19.8 Å². The molecule has 0 saturated carbocycles. The lowest BCUT2D eigenvalue weighted by Gasteiger charge is -2.25. The SMILES string of the molecule is CSNC1C(F)CN(C)C1Cc1cccc(-c2cccc(F)c2F)c1F. The molecule has 2 aromatic rings. The van der Waals surface area contributed by atoms with Crippen LogP contribution in [0.2, 0.25) is 0 Å². The fraction of sp³-hybridized carbons (Fsp3) is 0.368. The van der Waals surface area contributed by atoms with Crippen molar-refractivity contribution in [3.63, 3.8) is 0 Å². The van der Waals surface area contributed by atoms with Crippen LogP contribution in [0.15, 0.2) is 36.4 Å². The smallest absolute Gasteiger partial charge is 0.166 e. The van der Waals surface area contributed by atoms with Crippen LogP contribution < -0.4 is 4.72 Å². The largest absolute Gasteiger partial charge is 0.298 e. The van der Waals surface area contributed by atoms with Crippen molar-refractivity contribution in [1.82, 2.24) is 9.62 Å². The second kappa shape index (κ2) is 7.98. The Labute approximate surface area is 154 Å². The lowest BCUT2D eigenvalue weighted by atomic mass is 9.95. The van der Waals surface area contributed by atoms with Gasteiger partial charge in [-0.25, -0.2) is 17.6 Å². The molecule has 0 amide bonds. The maximum atomic E-state index is 15.0. The summed E-state index contributed by atoms with van der Waals surface area (Å²) in [6.45, 7) is 0.267. The summed E-state index contributed by atoms with van der Waals surface area (Å²) in [5, 5.41) is 0. The first-order valence-corrected chi connectivity index (χ1v) is 9.51. The van der Waals surface area contributed by atoms with E-state index >= 15 is 4.39 Å². The number of hydrogen-bond donors (Lipinski definition) is 1. The van der Waals surface area contributed by atoms with Gasteiger partial charge in [0.1, 0.15) is 12.0 Å². The molecule has 140 valence electrons. The van der Waals surface area contributed by atoms with Gasteiger partial charge in [-0.05, 0) is 31.4 Å². The molecule has 0 bridgehead atoms. The number of halogens is 4. The van der Waals surface area contributed by atoms with Gasteiger partial charge in [0.05, 0.1) is 6.04 Å². The lowest BCUT2D eigenvalue weighted by Crippen LogP contribution is -2.42. The summed E-state index contributed by atoms with van der Waals surface area (Å²) >= 11 is 1.33. The average Bonchev–Trinajstić information content (AvgIpc) is 2.87. The lowest BCUT2D eigenvalue weighted by molar-refractivity contribution is 0.289. The molecule has 1 saturated heterocycles. The summed E-state index contributed by atoms with van der Waals surface area (Å²) < 4.78 is 59.9. The quantitative estimate of drug-likeness (QED) is 0.614. The Bertz CT molecular complexity index is 786. The van der Waals surface area contributed by atoms with Crippen molar-refractivity contribution in [1.29, 1.82) is 0 Å². The molecule has 3 atom stereocenters. The van der Waals surface area contributed by atoms with Crippen LogP contribution in [0.1, 0.15) is 5.56 Å². The monoisotopic (exact) mass is 384 g/mol.